The molecule has 0 spiro atoms. The second kappa shape index (κ2) is 7.95. The lowest BCUT2D eigenvalue weighted by atomic mass is 10.2. The Morgan fingerprint density at radius 2 is 1.81 bits per heavy atom. The Morgan fingerprint density at radius 3 is 2.41 bits per heavy atom. The molecule has 0 unspecified atom stereocenters. The van der Waals surface area contributed by atoms with Crippen LogP contribution < -0.4 is 4.31 Å². The molecule has 1 aromatic heterocycles. The molecule has 0 radical (unpaired) electrons. The van der Waals surface area contributed by atoms with Crippen molar-refractivity contribution in [1.29, 1.82) is 0 Å². The molecule has 9 heteroatoms. The molecule has 1 aromatic carbocycles. The molecule has 1 aliphatic heterocycles. The fourth-order valence-electron chi connectivity index (χ4n) is 2.95. The van der Waals surface area contributed by atoms with E-state index in [1.807, 2.05) is 23.1 Å². The van der Waals surface area contributed by atoms with Crippen molar-refractivity contribution < 1.29 is 13.2 Å². The SMILES string of the molecule is Cc1nc(N(C)S(C)(=O)=O)sc1C(=O)N1CCN(Cc2ccccc2)CC1. The second-order valence-corrected chi connectivity index (χ2v) is 9.69. The molecule has 1 saturated heterocycles. The number of aromatic nitrogens is 1. The lowest BCUT2D eigenvalue weighted by Crippen LogP contribution is -2.48. The summed E-state index contributed by atoms with van der Waals surface area (Å²) in [6, 6.07) is 10.3. The molecule has 27 heavy (non-hydrogen) atoms. The van der Waals surface area contributed by atoms with Gasteiger partial charge in [0.25, 0.3) is 5.91 Å². The van der Waals surface area contributed by atoms with Crippen LogP contribution in [0.4, 0.5) is 5.13 Å². The second-order valence-electron chi connectivity index (χ2n) is 6.70. The Morgan fingerprint density at radius 1 is 1.19 bits per heavy atom. The molecule has 0 atom stereocenters. The Kier molecular flexibility index (Phi) is 5.83. The van der Waals surface area contributed by atoms with Gasteiger partial charge in [0.2, 0.25) is 10.0 Å². The summed E-state index contributed by atoms with van der Waals surface area (Å²) < 4.78 is 24.5. The van der Waals surface area contributed by atoms with E-state index in [0.29, 0.717) is 28.8 Å². The number of thiazole rings is 1. The van der Waals surface area contributed by atoms with Crippen molar-refractivity contribution in [1.82, 2.24) is 14.8 Å². The third kappa shape index (κ3) is 4.66. The van der Waals surface area contributed by atoms with Gasteiger partial charge in [-0.05, 0) is 12.5 Å². The number of carbonyl (C=O) groups is 1. The normalized spacial score (nSPS) is 15.7. The number of nitrogens with zero attached hydrogens (tertiary/aromatic N) is 4. The van der Waals surface area contributed by atoms with Gasteiger partial charge in [-0.1, -0.05) is 41.7 Å². The number of anilines is 1. The first-order valence-electron chi connectivity index (χ1n) is 8.72. The zero-order valence-corrected chi connectivity index (χ0v) is 17.4. The van der Waals surface area contributed by atoms with Crippen molar-refractivity contribution in [3.8, 4) is 0 Å². The van der Waals surface area contributed by atoms with Crippen LogP contribution >= 0.6 is 11.3 Å². The smallest absolute Gasteiger partial charge is 0.266 e. The number of rotatable bonds is 5. The Hall–Kier alpha value is -1.97. The van der Waals surface area contributed by atoms with Gasteiger partial charge in [0.15, 0.2) is 5.13 Å². The van der Waals surface area contributed by atoms with Gasteiger partial charge in [-0.25, -0.2) is 17.7 Å². The Labute approximate surface area is 164 Å². The number of aryl methyl sites for hydroxylation is 1. The average molecular weight is 409 g/mol. The molecular formula is C18H24N4O3S2. The van der Waals surface area contributed by atoms with E-state index in [9.17, 15) is 13.2 Å². The van der Waals surface area contributed by atoms with Crippen molar-refractivity contribution in [2.24, 2.45) is 0 Å². The van der Waals surface area contributed by atoms with Gasteiger partial charge in [-0.3, -0.25) is 9.69 Å². The van der Waals surface area contributed by atoms with Gasteiger partial charge in [0, 0.05) is 39.8 Å². The van der Waals surface area contributed by atoms with Gasteiger partial charge < -0.3 is 4.90 Å². The third-order valence-electron chi connectivity index (χ3n) is 4.65. The van der Waals surface area contributed by atoms with E-state index in [-0.39, 0.29) is 5.91 Å². The average Bonchev–Trinajstić information content (AvgIpc) is 3.03. The monoisotopic (exact) mass is 408 g/mol. The molecule has 7 nitrogen and oxygen atoms in total. The first kappa shape index (κ1) is 19.8. The van der Waals surface area contributed by atoms with Crippen LogP contribution in [0.3, 0.4) is 0 Å². The fourth-order valence-corrected chi connectivity index (χ4v) is 4.70. The molecule has 1 amide bonds. The highest BCUT2D eigenvalue weighted by molar-refractivity contribution is 7.92. The number of piperazine rings is 1. The summed E-state index contributed by atoms with van der Waals surface area (Å²) in [5.41, 5.74) is 1.84. The zero-order valence-electron chi connectivity index (χ0n) is 15.8. The minimum Gasteiger partial charge on any atom is -0.335 e. The molecule has 146 valence electrons. The molecular weight excluding hydrogens is 384 g/mol. The van der Waals surface area contributed by atoms with Crippen LogP contribution in [-0.2, 0) is 16.6 Å². The highest BCUT2D eigenvalue weighted by Crippen LogP contribution is 2.28. The highest BCUT2D eigenvalue weighted by Gasteiger charge is 2.27. The van der Waals surface area contributed by atoms with Crippen molar-refractivity contribution in [2.75, 3.05) is 43.8 Å². The van der Waals surface area contributed by atoms with E-state index in [2.05, 4.69) is 22.0 Å². The standard InChI is InChI=1S/C18H24N4O3S2/c1-14-16(26-18(19-14)20(2)27(3,24)25)17(23)22-11-9-21(10-12-22)13-15-7-5-4-6-8-15/h4-8H,9-13H2,1-3H3. The van der Waals surface area contributed by atoms with Crippen molar-refractivity contribution in [2.45, 2.75) is 13.5 Å². The maximum atomic E-state index is 12.9. The van der Waals surface area contributed by atoms with Gasteiger partial charge in [0.1, 0.15) is 4.88 Å². The van der Waals surface area contributed by atoms with Crippen molar-refractivity contribution in [3.63, 3.8) is 0 Å². The van der Waals surface area contributed by atoms with Crippen LogP contribution in [0.2, 0.25) is 0 Å². The largest absolute Gasteiger partial charge is 0.335 e. The van der Waals surface area contributed by atoms with E-state index in [1.165, 1.54) is 12.6 Å². The molecule has 1 aliphatic rings. The molecule has 2 heterocycles. The molecule has 2 aromatic rings. The quantitative estimate of drug-likeness (QED) is 0.754. The number of carbonyl (C=O) groups excluding carboxylic acids is 1. The summed E-state index contributed by atoms with van der Waals surface area (Å²) in [7, 11) is -1.95. The van der Waals surface area contributed by atoms with Gasteiger partial charge >= 0.3 is 0 Å². The molecule has 0 aliphatic carbocycles. The molecule has 0 N–H and O–H groups in total. The number of sulfonamides is 1. The zero-order chi connectivity index (χ0) is 19.6. The number of benzene rings is 1. The molecule has 0 bridgehead atoms. The topological polar surface area (TPSA) is 73.8 Å². The highest BCUT2D eigenvalue weighted by atomic mass is 32.2. The lowest BCUT2D eigenvalue weighted by molar-refractivity contribution is 0.0632. The first-order chi connectivity index (χ1) is 12.8. The van der Waals surface area contributed by atoms with Gasteiger partial charge in [0.05, 0.1) is 11.9 Å². The van der Waals surface area contributed by atoms with Crippen LogP contribution in [0.1, 0.15) is 20.9 Å². The Bertz CT molecular complexity index is 904. The third-order valence-corrected chi connectivity index (χ3v) is 7.16. The minimum atomic E-state index is -3.40. The maximum Gasteiger partial charge on any atom is 0.266 e. The minimum absolute atomic E-state index is 0.0717. The van der Waals surface area contributed by atoms with Crippen LogP contribution in [0.25, 0.3) is 0 Å². The predicted molar refractivity (Wildman–Crippen MR) is 108 cm³/mol. The van der Waals surface area contributed by atoms with E-state index < -0.39 is 10.0 Å². The summed E-state index contributed by atoms with van der Waals surface area (Å²) >= 11 is 1.13. The van der Waals surface area contributed by atoms with E-state index in [0.717, 1.165) is 41.5 Å². The van der Waals surface area contributed by atoms with Gasteiger partial charge in [-0.2, -0.15) is 0 Å². The number of hydrogen-bond acceptors (Lipinski definition) is 6. The maximum absolute atomic E-state index is 12.9. The summed E-state index contributed by atoms with van der Waals surface area (Å²) in [4.78, 5) is 21.8. The van der Waals surface area contributed by atoms with Crippen molar-refractivity contribution >= 4 is 32.4 Å². The van der Waals surface area contributed by atoms with Crippen molar-refractivity contribution in [3.05, 3.63) is 46.5 Å². The number of amides is 1. The first-order valence-corrected chi connectivity index (χ1v) is 11.4. The summed E-state index contributed by atoms with van der Waals surface area (Å²) in [6.45, 7) is 5.56. The van der Waals surface area contributed by atoms with Crippen LogP contribution in [0, 0.1) is 6.92 Å². The number of hydrogen-bond donors (Lipinski definition) is 0. The van der Waals surface area contributed by atoms with E-state index in [1.54, 1.807) is 6.92 Å². The lowest BCUT2D eigenvalue weighted by Gasteiger charge is -2.34. The molecule has 1 fully saturated rings. The van der Waals surface area contributed by atoms with E-state index >= 15 is 0 Å². The summed E-state index contributed by atoms with van der Waals surface area (Å²) in [5, 5.41) is 0.320. The fraction of sp³-hybridized carbons (Fsp3) is 0.444. The predicted octanol–water partition coefficient (Wildman–Crippen LogP) is 1.81. The van der Waals surface area contributed by atoms with Gasteiger partial charge in [-0.15, -0.1) is 0 Å². The van der Waals surface area contributed by atoms with E-state index in [4.69, 9.17) is 0 Å². The van der Waals surface area contributed by atoms with Crippen LogP contribution in [-0.4, -0.2) is 68.6 Å². The Balaban J connectivity index is 1.63. The van der Waals surface area contributed by atoms with Crippen LogP contribution in [0.15, 0.2) is 30.3 Å². The summed E-state index contributed by atoms with van der Waals surface area (Å²) in [5.74, 6) is -0.0717. The van der Waals surface area contributed by atoms with Crippen LogP contribution in [0.5, 0.6) is 0 Å². The molecule has 3 rings (SSSR count). The summed E-state index contributed by atoms with van der Waals surface area (Å²) in [6.07, 6.45) is 1.12. The molecule has 0 saturated carbocycles.